The number of furan rings is 1. The predicted octanol–water partition coefficient (Wildman–Crippen LogP) is 3.15. The van der Waals surface area contributed by atoms with Gasteiger partial charge < -0.3 is 4.42 Å². The van der Waals surface area contributed by atoms with Crippen LogP contribution in [0.3, 0.4) is 0 Å². The monoisotopic (exact) mass is 383 g/mol. The lowest BCUT2D eigenvalue weighted by atomic mass is 10.2. The van der Waals surface area contributed by atoms with Gasteiger partial charge in [0, 0.05) is 11.3 Å². The van der Waals surface area contributed by atoms with Crippen molar-refractivity contribution in [1.82, 2.24) is 5.43 Å². The van der Waals surface area contributed by atoms with E-state index in [-0.39, 0.29) is 4.90 Å². The maximum absolute atomic E-state index is 12.4. The Kier molecular flexibility index (Phi) is 5.37. The van der Waals surface area contributed by atoms with E-state index in [0.717, 1.165) is 5.56 Å². The molecular formula is C19H17N3O4S. The van der Waals surface area contributed by atoms with Gasteiger partial charge in [0.1, 0.15) is 5.76 Å². The average Bonchev–Trinajstić information content (AvgIpc) is 3.16. The van der Waals surface area contributed by atoms with E-state index < -0.39 is 15.9 Å². The molecule has 0 spiro atoms. The van der Waals surface area contributed by atoms with Gasteiger partial charge in [-0.05, 0) is 55.5 Å². The molecule has 1 aromatic heterocycles. The number of carbonyl (C=O) groups excluding carboxylic acids is 1. The molecule has 7 nitrogen and oxygen atoms in total. The summed E-state index contributed by atoms with van der Waals surface area (Å²) in [7, 11) is -3.69. The number of aryl methyl sites for hydroxylation is 1. The summed E-state index contributed by atoms with van der Waals surface area (Å²) >= 11 is 0. The molecule has 0 unspecified atom stereocenters. The first-order valence-electron chi connectivity index (χ1n) is 8.00. The number of carbonyl (C=O) groups is 1. The van der Waals surface area contributed by atoms with Crippen molar-refractivity contribution in [3.05, 3.63) is 83.8 Å². The zero-order valence-corrected chi connectivity index (χ0v) is 15.2. The van der Waals surface area contributed by atoms with Gasteiger partial charge >= 0.3 is 0 Å². The standard InChI is InChI=1S/C19H17N3O4S/c1-14-4-10-18(11-5-14)27(24,25)22-16-8-6-15(7-9-16)19(23)21-20-13-17-3-2-12-26-17/h2-13,22H,1H3,(H,21,23)/b20-13+. The van der Waals surface area contributed by atoms with Crippen molar-refractivity contribution in [1.29, 1.82) is 0 Å². The van der Waals surface area contributed by atoms with E-state index in [1.165, 1.54) is 48.9 Å². The van der Waals surface area contributed by atoms with Crippen LogP contribution >= 0.6 is 0 Å². The SMILES string of the molecule is Cc1ccc(S(=O)(=O)Nc2ccc(C(=O)N/N=C/c3ccco3)cc2)cc1. The molecule has 0 atom stereocenters. The molecule has 3 rings (SSSR count). The molecule has 3 aromatic rings. The van der Waals surface area contributed by atoms with Crippen LogP contribution in [0.2, 0.25) is 0 Å². The van der Waals surface area contributed by atoms with Gasteiger partial charge in [0.25, 0.3) is 15.9 Å². The van der Waals surface area contributed by atoms with Crippen molar-refractivity contribution in [2.24, 2.45) is 5.10 Å². The first-order chi connectivity index (χ1) is 12.9. The van der Waals surface area contributed by atoms with E-state index >= 15 is 0 Å². The molecule has 27 heavy (non-hydrogen) atoms. The molecule has 0 saturated carbocycles. The Balaban J connectivity index is 1.64. The third-order valence-corrected chi connectivity index (χ3v) is 5.03. The van der Waals surface area contributed by atoms with E-state index in [9.17, 15) is 13.2 Å². The number of sulfonamides is 1. The molecule has 2 N–H and O–H groups in total. The minimum Gasteiger partial charge on any atom is -0.463 e. The molecule has 0 bridgehead atoms. The van der Waals surface area contributed by atoms with Crippen molar-refractivity contribution >= 4 is 27.8 Å². The second-order valence-electron chi connectivity index (χ2n) is 5.71. The maximum Gasteiger partial charge on any atom is 0.271 e. The van der Waals surface area contributed by atoms with Gasteiger partial charge in [0.2, 0.25) is 0 Å². The first kappa shape index (κ1) is 18.4. The molecule has 1 amide bonds. The number of benzene rings is 2. The highest BCUT2D eigenvalue weighted by atomic mass is 32.2. The van der Waals surface area contributed by atoms with Crippen LogP contribution in [-0.2, 0) is 10.0 Å². The number of hydrogen-bond acceptors (Lipinski definition) is 5. The van der Waals surface area contributed by atoms with E-state index in [1.807, 2.05) is 6.92 Å². The lowest BCUT2D eigenvalue weighted by Crippen LogP contribution is -2.18. The molecule has 0 radical (unpaired) electrons. The number of nitrogens with zero attached hydrogens (tertiary/aromatic N) is 1. The van der Waals surface area contributed by atoms with Crippen LogP contribution in [0.25, 0.3) is 0 Å². The number of nitrogens with one attached hydrogen (secondary N) is 2. The second kappa shape index (κ2) is 7.88. The predicted molar refractivity (Wildman–Crippen MR) is 102 cm³/mol. The van der Waals surface area contributed by atoms with Crippen LogP contribution in [0.4, 0.5) is 5.69 Å². The second-order valence-corrected chi connectivity index (χ2v) is 7.39. The summed E-state index contributed by atoms with van der Waals surface area (Å²) in [6, 6.07) is 16.0. The van der Waals surface area contributed by atoms with Crippen LogP contribution in [0.1, 0.15) is 21.7 Å². The van der Waals surface area contributed by atoms with Crippen molar-refractivity contribution in [3.8, 4) is 0 Å². The van der Waals surface area contributed by atoms with Gasteiger partial charge in [-0.25, -0.2) is 13.8 Å². The molecule has 1 heterocycles. The quantitative estimate of drug-likeness (QED) is 0.504. The lowest BCUT2D eigenvalue weighted by Gasteiger charge is -2.09. The Morgan fingerprint density at radius 2 is 1.74 bits per heavy atom. The van der Waals surface area contributed by atoms with Crippen LogP contribution < -0.4 is 10.1 Å². The molecule has 8 heteroatoms. The number of amides is 1. The summed E-state index contributed by atoms with van der Waals surface area (Å²) in [5.74, 6) is 0.0851. The van der Waals surface area contributed by atoms with E-state index in [0.29, 0.717) is 17.0 Å². The highest BCUT2D eigenvalue weighted by molar-refractivity contribution is 7.92. The number of hydrogen-bond donors (Lipinski definition) is 2. The smallest absolute Gasteiger partial charge is 0.271 e. The Labute approximate surface area is 156 Å². The number of rotatable bonds is 6. The average molecular weight is 383 g/mol. The summed E-state index contributed by atoms with van der Waals surface area (Å²) in [6.07, 6.45) is 2.88. The molecule has 0 fully saturated rings. The van der Waals surface area contributed by atoms with Crippen LogP contribution in [0.15, 0.2) is 81.3 Å². The Hall–Kier alpha value is -3.39. The zero-order valence-electron chi connectivity index (χ0n) is 14.4. The first-order valence-corrected chi connectivity index (χ1v) is 9.49. The van der Waals surface area contributed by atoms with Gasteiger partial charge in [-0.2, -0.15) is 5.10 Å². The fourth-order valence-corrected chi connectivity index (χ4v) is 3.26. The largest absolute Gasteiger partial charge is 0.463 e. The molecule has 0 aliphatic heterocycles. The molecular weight excluding hydrogens is 366 g/mol. The number of hydrazone groups is 1. The summed E-state index contributed by atoms with van der Waals surface area (Å²) < 4.78 is 32.3. The fraction of sp³-hybridized carbons (Fsp3) is 0.0526. The van der Waals surface area contributed by atoms with Gasteiger partial charge in [-0.15, -0.1) is 0 Å². The maximum atomic E-state index is 12.4. The van der Waals surface area contributed by atoms with Crippen molar-refractivity contribution in [3.63, 3.8) is 0 Å². The topological polar surface area (TPSA) is 101 Å². The van der Waals surface area contributed by atoms with E-state index in [1.54, 1.807) is 24.3 Å². The summed E-state index contributed by atoms with van der Waals surface area (Å²) in [5.41, 5.74) is 4.03. The minimum atomic E-state index is -3.69. The van der Waals surface area contributed by atoms with Gasteiger partial charge in [0.15, 0.2) is 0 Å². The van der Waals surface area contributed by atoms with Crippen LogP contribution in [0.5, 0.6) is 0 Å². The summed E-state index contributed by atoms with van der Waals surface area (Å²) in [6.45, 7) is 1.88. The third-order valence-electron chi connectivity index (χ3n) is 3.63. The Morgan fingerprint density at radius 3 is 2.37 bits per heavy atom. The van der Waals surface area contributed by atoms with Crippen molar-refractivity contribution in [2.45, 2.75) is 11.8 Å². The van der Waals surface area contributed by atoms with E-state index in [4.69, 9.17) is 4.42 Å². The summed E-state index contributed by atoms with van der Waals surface area (Å²) in [5, 5.41) is 3.79. The zero-order chi connectivity index (χ0) is 19.3. The molecule has 0 aliphatic carbocycles. The highest BCUT2D eigenvalue weighted by Gasteiger charge is 2.14. The summed E-state index contributed by atoms with van der Waals surface area (Å²) in [4.78, 5) is 12.2. The Morgan fingerprint density at radius 1 is 1.04 bits per heavy atom. The van der Waals surface area contributed by atoms with Crippen molar-refractivity contribution < 1.29 is 17.6 Å². The normalized spacial score (nSPS) is 11.4. The third kappa shape index (κ3) is 4.83. The van der Waals surface area contributed by atoms with Gasteiger partial charge in [-0.1, -0.05) is 17.7 Å². The lowest BCUT2D eigenvalue weighted by molar-refractivity contribution is 0.0955. The molecule has 2 aromatic carbocycles. The van der Waals surface area contributed by atoms with Crippen LogP contribution in [0, 0.1) is 6.92 Å². The molecule has 0 saturated heterocycles. The van der Waals surface area contributed by atoms with Crippen LogP contribution in [-0.4, -0.2) is 20.5 Å². The number of anilines is 1. The Bertz CT molecular complexity index is 1040. The molecule has 0 aliphatic rings. The van der Waals surface area contributed by atoms with Gasteiger partial charge in [-0.3, -0.25) is 9.52 Å². The fourth-order valence-electron chi connectivity index (χ4n) is 2.20. The highest BCUT2D eigenvalue weighted by Crippen LogP contribution is 2.17. The van der Waals surface area contributed by atoms with E-state index in [2.05, 4.69) is 15.2 Å². The molecule has 138 valence electrons. The van der Waals surface area contributed by atoms with Gasteiger partial charge in [0.05, 0.1) is 17.4 Å². The van der Waals surface area contributed by atoms with Crippen molar-refractivity contribution in [2.75, 3.05) is 4.72 Å². The minimum absolute atomic E-state index is 0.169.